The quantitative estimate of drug-likeness (QED) is 0.689. The highest BCUT2D eigenvalue weighted by atomic mass is 16.2. The highest BCUT2D eigenvalue weighted by Crippen LogP contribution is 2.53. The summed E-state index contributed by atoms with van der Waals surface area (Å²) in [6.45, 7) is 6.57. The second-order valence-electron chi connectivity index (χ2n) is 11.9. The van der Waals surface area contributed by atoms with Gasteiger partial charge in [0.15, 0.2) is 0 Å². The maximum absolute atomic E-state index is 13.1. The van der Waals surface area contributed by atoms with Crippen molar-refractivity contribution >= 4 is 17.6 Å². The lowest BCUT2D eigenvalue weighted by Crippen LogP contribution is -2.55. The summed E-state index contributed by atoms with van der Waals surface area (Å²) in [6, 6.07) is 8.73. The van der Waals surface area contributed by atoms with E-state index in [2.05, 4.69) is 34.6 Å². The second kappa shape index (κ2) is 9.09. The predicted octanol–water partition coefficient (Wildman–Crippen LogP) is 4.12. The van der Waals surface area contributed by atoms with Crippen LogP contribution in [0.25, 0.3) is 0 Å². The van der Waals surface area contributed by atoms with Gasteiger partial charge in [-0.1, -0.05) is 6.92 Å². The van der Waals surface area contributed by atoms with Crippen molar-refractivity contribution in [2.75, 3.05) is 37.6 Å². The van der Waals surface area contributed by atoms with Crippen LogP contribution in [0, 0.1) is 35.5 Å². The summed E-state index contributed by atoms with van der Waals surface area (Å²) in [5.41, 5.74) is 1.98. The van der Waals surface area contributed by atoms with Crippen molar-refractivity contribution in [2.45, 2.75) is 57.9 Å². The molecule has 2 unspecified atom stereocenters. The Bertz CT molecular complexity index is 887. The Morgan fingerprint density at radius 3 is 2.24 bits per heavy atom. The Kier molecular flexibility index (Phi) is 5.94. The van der Waals surface area contributed by atoms with Gasteiger partial charge >= 0.3 is 6.03 Å². The molecule has 2 aliphatic heterocycles. The molecular weight excluding hydrogens is 424 g/mol. The maximum atomic E-state index is 13.1. The Morgan fingerprint density at radius 1 is 0.882 bits per heavy atom. The summed E-state index contributed by atoms with van der Waals surface area (Å²) < 4.78 is 0. The van der Waals surface area contributed by atoms with E-state index in [4.69, 9.17) is 0 Å². The van der Waals surface area contributed by atoms with Crippen molar-refractivity contribution in [3.05, 3.63) is 29.8 Å². The minimum atomic E-state index is 0.0910. The smallest absolute Gasteiger partial charge is 0.317 e. The molecule has 4 saturated carbocycles. The van der Waals surface area contributed by atoms with Gasteiger partial charge in [-0.25, -0.2) is 4.79 Å². The third-order valence-corrected chi connectivity index (χ3v) is 9.63. The number of nitrogens with one attached hydrogen (secondary N) is 2. The molecule has 4 bridgehead atoms. The van der Waals surface area contributed by atoms with Crippen LogP contribution >= 0.6 is 0 Å². The zero-order chi connectivity index (χ0) is 23.2. The number of amides is 3. The van der Waals surface area contributed by atoms with Gasteiger partial charge in [0.2, 0.25) is 0 Å². The fourth-order valence-corrected chi connectivity index (χ4v) is 8.13. The summed E-state index contributed by atoms with van der Waals surface area (Å²) in [7, 11) is 0. The van der Waals surface area contributed by atoms with Crippen molar-refractivity contribution in [2.24, 2.45) is 35.5 Å². The Morgan fingerprint density at radius 2 is 1.56 bits per heavy atom. The van der Waals surface area contributed by atoms with Gasteiger partial charge in [-0.05, 0) is 105 Å². The number of urea groups is 1. The number of hydrogen-bond acceptors (Lipinski definition) is 3. The van der Waals surface area contributed by atoms with Crippen LogP contribution in [0.5, 0.6) is 0 Å². The standard InChI is InChI=1S/C28H40N4O2/c1-2-8-29-28(34)31-9-7-21-15-32(17-24(21)16-31)25-5-3-20(4-6-25)27(33)30-26-22-11-18-10-19(13-22)14-23(26)12-18/h3-6,18-19,21-24,26H,2,7-17H2,1H3,(H,29,34)(H,30,33). The summed E-state index contributed by atoms with van der Waals surface area (Å²) in [5.74, 6) is 4.55. The molecule has 2 atom stereocenters. The number of benzene rings is 1. The summed E-state index contributed by atoms with van der Waals surface area (Å²) in [6.07, 6.45) is 8.79. The number of fused-ring (bicyclic) bond motifs is 1. The van der Waals surface area contributed by atoms with E-state index in [9.17, 15) is 9.59 Å². The van der Waals surface area contributed by atoms with E-state index in [1.807, 2.05) is 17.0 Å². The van der Waals surface area contributed by atoms with Gasteiger partial charge in [-0.15, -0.1) is 0 Å². The van der Waals surface area contributed by atoms with E-state index in [1.165, 1.54) is 37.8 Å². The Balaban J connectivity index is 1.05. The third kappa shape index (κ3) is 4.18. The molecule has 4 aliphatic carbocycles. The lowest BCUT2D eigenvalue weighted by molar-refractivity contribution is -0.0119. The molecule has 6 nitrogen and oxygen atoms in total. The SMILES string of the molecule is CCCNC(=O)N1CCC2CN(c3ccc(C(=O)NC4C5CC6CC(C5)CC4C6)cc3)CC2C1. The minimum Gasteiger partial charge on any atom is -0.371 e. The van der Waals surface area contributed by atoms with Crippen molar-refractivity contribution < 1.29 is 9.59 Å². The number of anilines is 1. The molecule has 0 aromatic heterocycles. The van der Waals surface area contributed by atoms with Gasteiger partial charge in [-0.2, -0.15) is 0 Å². The van der Waals surface area contributed by atoms with E-state index >= 15 is 0 Å². The van der Waals surface area contributed by atoms with E-state index < -0.39 is 0 Å². The van der Waals surface area contributed by atoms with E-state index in [0.717, 1.165) is 63.0 Å². The zero-order valence-corrected chi connectivity index (χ0v) is 20.5. The van der Waals surface area contributed by atoms with Crippen LogP contribution in [0.15, 0.2) is 24.3 Å². The number of rotatable bonds is 5. The van der Waals surface area contributed by atoms with E-state index in [0.29, 0.717) is 29.7 Å². The van der Waals surface area contributed by atoms with Gasteiger partial charge in [-0.3, -0.25) is 4.79 Å². The van der Waals surface area contributed by atoms with Crippen LogP contribution < -0.4 is 15.5 Å². The van der Waals surface area contributed by atoms with Crippen LogP contribution in [0.4, 0.5) is 10.5 Å². The predicted molar refractivity (Wildman–Crippen MR) is 134 cm³/mol. The molecule has 7 rings (SSSR count). The van der Waals surface area contributed by atoms with Crippen LogP contribution in [0.2, 0.25) is 0 Å². The Labute approximate surface area is 203 Å². The molecule has 6 fully saturated rings. The molecule has 1 aromatic rings. The van der Waals surface area contributed by atoms with Crippen molar-refractivity contribution in [3.8, 4) is 0 Å². The average molecular weight is 465 g/mol. The summed E-state index contributed by atoms with van der Waals surface area (Å²) in [4.78, 5) is 29.9. The van der Waals surface area contributed by atoms with E-state index in [-0.39, 0.29) is 11.9 Å². The first-order chi connectivity index (χ1) is 16.6. The number of carbonyl (C=O) groups is 2. The first kappa shape index (κ1) is 22.2. The van der Waals surface area contributed by atoms with Gasteiger partial charge < -0.3 is 20.4 Å². The average Bonchev–Trinajstić information content (AvgIpc) is 3.28. The number of piperidine rings is 1. The van der Waals surface area contributed by atoms with Gasteiger partial charge in [0.1, 0.15) is 0 Å². The molecule has 2 saturated heterocycles. The number of nitrogens with zero attached hydrogens (tertiary/aromatic N) is 2. The molecule has 3 amide bonds. The highest BCUT2D eigenvalue weighted by molar-refractivity contribution is 5.94. The normalized spacial score (nSPS) is 35.9. The van der Waals surface area contributed by atoms with Gasteiger partial charge in [0, 0.05) is 50.0 Å². The lowest BCUT2D eigenvalue weighted by atomic mass is 9.54. The molecule has 184 valence electrons. The van der Waals surface area contributed by atoms with Crippen LogP contribution in [0.3, 0.4) is 0 Å². The molecule has 34 heavy (non-hydrogen) atoms. The fraction of sp³-hybridized carbons (Fsp3) is 0.714. The monoisotopic (exact) mass is 464 g/mol. The lowest BCUT2D eigenvalue weighted by Gasteiger charge is -2.54. The maximum Gasteiger partial charge on any atom is 0.317 e. The summed E-state index contributed by atoms with van der Waals surface area (Å²) in [5, 5.41) is 6.47. The molecule has 6 aliphatic rings. The minimum absolute atomic E-state index is 0.0910. The topological polar surface area (TPSA) is 64.7 Å². The molecule has 2 heterocycles. The first-order valence-electron chi connectivity index (χ1n) is 13.8. The van der Waals surface area contributed by atoms with Crippen molar-refractivity contribution in [1.29, 1.82) is 0 Å². The third-order valence-electron chi connectivity index (χ3n) is 9.63. The zero-order valence-electron chi connectivity index (χ0n) is 20.5. The van der Waals surface area contributed by atoms with Crippen LogP contribution in [-0.4, -0.2) is 55.6 Å². The summed E-state index contributed by atoms with van der Waals surface area (Å²) >= 11 is 0. The van der Waals surface area contributed by atoms with Crippen LogP contribution in [0.1, 0.15) is 62.2 Å². The van der Waals surface area contributed by atoms with Crippen molar-refractivity contribution in [3.63, 3.8) is 0 Å². The van der Waals surface area contributed by atoms with Gasteiger partial charge in [0.05, 0.1) is 0 Å². The molecule has 6 heteroatoms. The Hall–Kier alpha value is -2.24. The first-order valence-corrected chi connectivity index (χ1v) is 13.8. The molecule has 2 N–H and O–H groups in total. The largest absolute Gasteiger partial charge is 0.371 e. The van der Waals surface area contributed by atoms with E-state index in [1.54, 1.807) is 0 Å². The fourth-order valence-electron chi connectivity index (χ4n) is 8.13. The number of hydrogen-bond donors (Lipinski definition) is 2. The number of carbonyl (C=O) groups excluding carboxylic acids is 2. The molecule has 1 aromatic carbocycles. The number of likely N-dealkylation sites (tertiary alicyclic amines) is 1. The van der Waals surface area contributed by atoms with Crippen molar-refractivity contribution in [1.82, 2.24) is 15.5 Å². The molecule has 0 radical (unpaired) electrons. The highest BCUT2D eigenvalue weighted by Gasteiger charge is 2.48. The molecule has 0 spiro atoms. The van der Waals surface area contributed by atoms with Gasteiger partial charge in [0.25, 0.3) is 5.91 Å². The molecular formula is C28H40N4O2. The second-order valence-corrected chi connectivity index (χ2v) is 11.9. The van der Waals surface area contributed by atoms with Crippen LogP contribution in [-0.2, 0) is 0 Å².